The summed E-state index contributed by atoms with van der Waals surface area (Å²) < 4.78 is 1.85. The zero-order valence-electron chi connectivity index (χ0n) is 15.8. The average Bonchev–Trinajstić information content (AvgIpc) is 3.35. The summed E-state index contributed by atoms with van der Waals surface area (Å²) in [5.74, 6) is -0.0193. The maximum Gasteiger partial charge on any atom is 0.272 e. The van der Waals surface area contributed by atoms with E-state index in [1.165, 1.54) is 5.69 Å². The summed E-state index contributed by atoms with van der Waals surface area (Å²) in [5.41, 5.74) is 4.55. The molecule has 4 rings (SSSR count). The van der Waals surface area contributed by atoms with Crippen molar-refractivity contribution in [2.24, 2.45) is 7.05 Å². The Balaban J connectivity index is 1.39. The van der Waals surface area contributed by atoms with Gasteiger partial charge in [-0.15, -0.1) is 0 Å². The number of nitrogens with zero attached hydrogens (tertiary/aromatic N) is 3. The van der Waals surface area contributed by atoms with E-state index in [0.717, 1.165) is 62.7 Å². The third-order valence-electron chi connectivity index (χ3n) is 5.63. The Hall–Kier alpha value is -2.63. The molecule has 1 aromatic heterocycles. The molecule has 0 radical (unpaired) electrons. The highest BCUT2D eigenvalue weighted by molar-refractivity contribution is 5.95. The van der Waals surface area contributed by atoms with Crippen molar-refractivity contribution in [2.45, 2.75) is 45.1 Å². The molecular formula is C21H26N4O2. The van der Waals surface area contributed by atoms with Crippen molar-refractivity contribution in [1.29, 1.82) is 0 Å². The van der Waals surface area contributed by atoms with Crippen molar-refractivity contribution < 1.29 is 9.59 Å². The number of aryl methyl sites for hydroxylation is 1. The monoisotopic (exact) mass is 366 g/mol. The Bertz CT molecular complexity index is 848. The largest absolute Gasteiger partial charge is 0.347 e. The molecule has 0 bridgehead atoms. The van der Waals surface area contributed by atoms with E-state index in [4.69, 9.17) is 0 Å². The van der Waals surface area contributed by atoms with Crippen LogP contribution in [0.4, 0.5) is 0 Å². The predicted octanol–water partition coefficient (Wildman–Crippen LogP) is 2.46. The quantitative estimate of drug-likeness (QED) is 0.904. The lowest BCUT2D eigenvalue weighted by atomic mass is 9.95. The fourth-order valence-corrected chi connectivity index (χ4v) is 4.09. The molecule has 1 saturated heterocycles. The van der Waals surface area contributed by atoms with E-state index < -0.39 is 0 Å². The fourth-order valence-electron chi connectivity index (χ4n) is 4.09. The zero-order valence-corrected chi connectivity index (χ0v) is 15.8. The Labute approximate surface area is 159 Å². The molecule has 1 aliphatic carbocycles. The van der Waals surface area contributed by atoms with E-state index in [1.807, 2.05) is 40.9 Å². The summed E-state index contributed by atoms with van der Waals surface area (Å²) in [5, 5.41) is 7.41. The van der Waals surface area contributed by atoms with Gasteiger partial charge in [0, 0.05) is 43.5 Å². The van der Waals surface area contributed by atoms with Gasteiger partial charge in [-0.3, -0.25) is 14.3 Å². The minimum atomic E-state index is -0.119. The van der Waals surface area contributed by atoms with Gasteiger partial charge >= 0.3 is 0 Å². The molecule has 6 nitrogen and oxygen atoms in total. The first-order chi connectivity index (χ1) is 13.1. The normalized spacial score (nSPS) is 16.3. The van der Waals surface area contributed by atoms with E-state index in [2.05, 4.69) is 10.4 Å². The van der Waals surface area contributed by atoms with E-state index in [-0.39, 0.29) is 11.8 Å². The number of likely N-dealkylation sites (tertiary alicyclic amines) is 1. The first-order valence-corrected chi connectivity index (χ1v) is 9.84. The Morgan fingerprint density at radius 3 is 2.48 bits per heavy atom. The molecule has 2 heterocycles. The molecule has 142 valence electrons. The molecule has 2 aliphatic rings. The molecule has 0 spiro atoms. The topological polar surface area (TPSA) is 67.2 Å². The van der Waals surface area contributed by atoms with Crippen LogP contribution in [0.25, 0.3) is 0 Å². The van der Waals surface area contributed by atoms with Crippen LogP contribution in [-0.2, 0) is 26.4 Å². The second-order valence-electron chi connectivity index (χ2n) is 7.48. The van der Waals surface area contributed by atoms with Crippen molar-refractivity contribution in [3.63, 3.8) is 0 Å². The van der Waals surface area contributed by atoms with Gasteiger partial charge in [0.1, 0.15) is 0 Å². The minimum Gasteiger partial charge on any atom is -0.347 e. The van der Waals surface area contributed by atoms with Crippen LogP contribution < -0.4 is 5.32 Å². The molecule has 1 fully saturated rings. The van der Waals surface area contributed by atoms with Crippen molar-refractivity contribution in [3.8, 4) is 0 Å². The minimum absolute atomic E-state index is 0.100. The molecule has 1 aromatic carbocycles. The number of aromatic nitrogens is 2. The van der Waals surface area contributed by atoms with Crippen LogP contribution in [0, 0.1) is 0 Å². The third kappa shape index (κ3) is 3.61. The van der Waals surface area contributed by atoms with Crippen molar-refractivity contribution >= 4 is 11.8 Å². The average molecular weight is 366 g/mol. The maximum atomic E-state index is 12.6. The van der Waals surface area contributed by atoms with Crippen LogP contribution in [0.15, 0.2) is 24.3 Å². The second kappa shape index (κ2) is 7.55. The van der Waals surface area contributed by atoms with Gasteiger partial charge in [-0.05, 0) is 56.2 Å². The highest BCUT2D eigenvalue weighted by Gasteiger charge is 2.23. The lowest BCUT2D eigenvalue weighted by Gasteiger charge is -2.15. The molecule has 1 aliphatic heterocycles. The van der Waals surface area contributed by atoms with E-state index in [0.29, 0.717) is 17.8 Å². The highest BCUT2D eigenvalue weighted by atomic mass is 16.2. The lowest BCUT2D eigenvalue weighted by Crippen LogP contribution is -2.27. The van der Waals surface area contributed by atoms with Crippen LogP contribution in [0.1, 0.15) is 63.4 Å². The van der Waals surface area contributed by atoms with Gasteiger partial charge in [-0.25, -0.2) is 0 Å². The molecule has 6 heteroatoms. The fraction of sp³-hybridized carbons (Fsp3) is 0.476. The highest BCUT2D eigenvalue weighted by Crippen LogP contribution is 2.24. The molecule has 0 unspecified atom stereocenters. The molecule has 27 heavy (non-hydrogen) atoms. The molecule has 2 aromatic rings. The number of hydrogen-bond acceptors (Lipinski definition) is 3. The molecule has 0 atom stereocenters. The Morgan fingerprint density at radius 1 is 1.04 bits per heavy atom. The number of fused-ring (bicyclic) bond motifs is 1. The number of hydrogen-bond donors (Lipinski definition) is 1. The van der Waals surface area contributed by atoms with Gasteiger partial charge in [-0.2, -0.15) is 5.10 Å². The Kier molecular flexibility index (Phi) is 4.97. The van der Waals surface area contributed by atoms with Gasteiger partial charge in [0.2, 0.25) is 0 Å². The lowest BCUT2D eigenvalue weighted by molar-refractivity contribution is 0.0792. The molecule has 2 amide bonds. The van der Waals surface area contributed by atoms with Crippen LogP contribution in [0.5, 0.6) is 0 Å². The molecule has 0 saturated carbocycles. The van der Waals surface area contributed by atoms with Gasteiger partial charge in [0.15, 0.2) is 5.69 Å². The SMILES string of the molecule is Cn1nc(C(=O)NCc2ccc(C(=O)N3CCCC3)cc2)c2c1CCCC2. The van der Waals surface area contributed by atoms with Crippen LogP contribution in [0.2, 0.25) is 0 Å². The molecular weight excluding hydrogens is 340 g/mol. The zero-order chi connectivity index (χ0) is 18.8. The van der Waals surface area contributed by atoms with Gasteiger partial charge in [-0.1, -0.05) is 12.1 Å². The van der Waals surface area contributed by atoms with Crippen molar-refractivity contribution in [3.05, 3.63) is 52.3 Å². The van der Waals surface area contributed by atoms with Crippen molar-refractivity contribution in [1.82, 2.24) is 20.0 Å². The van der Waals surface area contributed by atoms with Gasteiger partial charge in [0.05, 0.1) is 0 Å². The smallest absolute Gasteiger partial charge is 0.272 e. The summed E-state index contributed by atoms with van der Waals surface area (Å²) in [6, 6.07) is 7.53. The first kappa shape index (κ1) is 17.8. The number of amides is 2. The summed E-state index contributed by atoms with van der Waals surface area (Å²) in [6.45, 7) is 2.14. The first-order valence-electron chi connectivity index (χ1n) is 9.84. The van der Waals surface area contributed by atoms with Crippen LogP contribution >= 0.6 is 0 Å². The molecule has 1 N–H and O–H groups in total. The van der Waals surface area contributed by atoms with E-state index >= 15 is 0 Å². The standard InChI is InChI=1S/C21H26N4O2/c1-24-18-7-3-2-6-17(18)19(23-24)20(26)22-14-15-8-10-16(11-9-15)21(27)25-12-4-5-13-25/h8-11H,2-7,12-14H2,1H3,(H,22,26). The number of rotatable bonds is 4. The van der Waals surface area contributed by atoms with Crippen LogP contribution in [-0.4, -0.2) is 39.6 Å². The van der Waals surface area contributed by atoms with Gasteiger partial charge < -0.3 is 10.2 Å². The van der Waals surface area contributed by atoms with E-state index in [9.17, 15) is 9.59 Å². The number of benzene rings is 1. The number of carbonyl (C=O) groups excluding carboxylic acids is 2. The maximum absolute atomic E-state index is 12.6. The number of carbonyl (C=O) groups is 2. The second-order valence-corrected chi connectivity index (χ2v) is 7.48. The summed E-state index contributed by atoms with van der Waals surface area (Å²) in [4.78, 5) is 26.9. The van der Waals surface area contributed by atoms with Gasteiger partial charge in [0.25, 0.3) is 11.8 Å². The summed E-state index contributed by atoms with van der Waals surface area (Å²) in [6.07, 6.45) is 6.39. The Morgan fingerprint density at radius 2 is 1.74 bits per heavy atom. The van der Waals surface area contributed by atoms with Crippen molar-refractivity contribution in [2.75, 3.05) is 13.1 Å². The predicted molar refractivity (Wildman–Crippen MR) is 103 cm³/mol. The van der Waals surface area contributed by atoms with E-state index in [1.54, 1.807) is 0 Å². The summed E-state index contributed by atoms with van der Waals surface area (Å²) in [7, 11) is 1.91. The number of nitrogens with one attached hydrogen (secondary N) is 1. The summed E-state index contributed by atoms with van der Waals surface area (Å²) >= 11 is 0. The third-order valence-corrected chi connectivity index (χ3v) is 5.63. The van der Waals surface area contributed by atoms with Crippen LogP contribution in [0.3, 0.4) is 0 Å².